The van der Waals surface area contributed by atoms with Crippen molar-refractivity contribution in [3.05, 3.63) is 59.2 Å². The fourth-order valence-corrected chi connectivity index (χ4v) is 2.81. The molecule has 0 saturated carbocycles. The molecule has 2 aromatic rings. The van der Waals surface area contributed by atoms with Crippen molar-refractivity contribution >= 4 is 11.9 Å². The molecule has 162 valence electrons. The smallest absolute Gasteiger partial charge is 0.251 e. The maximum atomic E-state index is 12.3. The van der Waals surface area contributed by atoms with E-state index in [0.29, 0.717) is 24.6 Å². The molecule has 0 aromatic heterocycles. The highest BCUT2D eigenvalue weighted by molar-refractivity contribution is 5.94. The largest absolute Gasteiger partial charge is 0.497 e. The third-order valence-corrected chi connectivity index (χ3v) is 4.80. The molecule has 2 rings (SSSR count). The number of methoxy groups -OCH3 is 2. The van der Waals surface area contributed by atoms with Gasteiger partial charge in [0.25, 0.3) is 5.91 Å². The van der Waals surface area contributed by atoms with Crippen LogP contribution in [0.4, 0.5) is 0 Å². The Morgan fingerprint density at radius 1 is 1.07 bits per heavy atom. The first kappa shape index (κ1) is 23.1. The van der Waals surface area contributed by atoms with Crippen molar-refractivity contribution in [2.24, 2.45) is 4.99 Å². The lowest BCUT2D eigenvalue weighted by atomic mass is 10.1. The van der Waals surface area contributed by atoms with Crippen molar-refractivity contribution < 1.29 is 14.3 Å². The molecule has 2 aromatic carbocycles. The Morgan fingerprint density at radius 3 is 2.50 bits per heavy atom. The minimum Gasteiger partial charge on any atom is -0.497 e. The minimum absolute atomic E-state index is 0.0553. The Hall–Kier alpha value is -3.22. The molecule has 0 spiro atoms. The van der Waals surface area contributed by atoms with Crippen molar-refractivity contribution in [1.29, 1.82) is 0 Å². The summed E-state index contributed by atoms with van der Waals surface area (Å²) < 4.78 is 10.7. The molecular weight excluding hydrogens is 380 g/mol. The van der Waals surface area contributed by atoms with Gasteiger partial charge in [0, 0.05) is 43.4 Å². The van der Waals surface area contributed by atoms with Gasteiger partial charge in [-0.1, -0.05) is 19.1 Å². The van der Waals surface area contributed by atoms with E-state index in [1.165, 1.54) is 0 Å². The van der Waals surface area contributed by atoms with Crippen molar-refractivity contribution in [2.75, 3.05) is 21.3 Å². The molecule has 1 atom stereocenters. The van der Waals surface area contributed by atoms with Crippen LogP contribution in [0.15, 0.2) is 47.5 Å². The van der Waals surface area contributed by atoms with Gasteiger partial charge in [0.05, 0.1) is 14.2 Å². The van der Waals surface area contributed by atoms with Crippen LogP contribution in [0.5, 0.6) is 11.5 Å². The number of guanidine groups is 1. The van der Waals surface area contributed by atoms with E-state index in [9.17, 15) is 4.79 Å². The molecule has 1 unspecified atom stereocenters. The second kappa shape index (κ2) is 11.7. The zero-order chi connectivity index (χ0) is 21.9. The summed E-state index contributed by atoms with van der Waals surface area (Å²) in [6.45, 7) is 5.14. The fraction of sp³-hybridized carbons (Fsp3) is 0.391. The maximum Gasteiger partial charge on any atom is 0.251 e. The molecule has 0 bridgehead atoms. The summed E-state index contributed by atoms with van der Waals surface area (Å²) in [6, 6.07) is 13.4. The van der Waals surface area contributed by atoms with Gasteiger partial charge < -0.3 is 25.4 Å². The number of carbonyl (C=O) groups excluding carboxylic acids is 1. The number of nitrogens with zero attached hydrogens (tertiary/aromatic N) is 1. The molecular formula is C23H32N4O3. The molecule has 0 aliphatic heterocycles. The van der Waals surface area contributed by atoms with E-state index >= 15 is 0 Å². The van der Waals surface area contributed by atoms with Gasteiger partial charge in [0.15, 0.2) is 5.96 Å². The van der Waals surface area contributed by atoms with Gasteiger partial charge in [-0.25, -0.2) is 0 Å². The van der Waals surface area contributed by atoms with E-state index in [4.69, 9.17) is 9.47 Å². The highest BCUT2D eigenvalue weighted by Gasteiger charge is 2.10. The number of hydrogen-bond donors (Lipinski definition) is 3. The Kier molecular flexibility index (Phi) is 9.00. The van der Waals surface area contributed by atoms with Crippen LogP contribution in [-0.4, -0.2) is 39.2 Å². The predicted octanol–water partition coefficient (Wildman–Crippen LogP) is 3.10. The number of benzene rings is 2. The fourth-order valence-electron chi connectivity index (χ4n) is 2.81. The summed E-state index contributed by atoms with van der Waals surface area (Å²) in [5, 5.41) is 9.54. The van der Waals surface area contributed by atoms with Crippen LogP contribution >= 0.6 is 0 Å². The molecule has 0 aliphatic carbocycles. The second-order valence-electron chi connectivity index (χ2n) is 6.94. The average Bonchev–Trinajstić information content (AvgIpc) is 2.79. The van der Waals surface area contributed by atoms with E-state index < -0.39 is 0 Å². The van der Waals surface area contributed by atoms with Gasteiger partial charge in [0.1, 0.15) is 11.5 Å². The number of aliphatic imine (C=N–C) groups is 1. The molecule has 7 heteroatoms. The SMILES string of the molecule is CCC(C)NC(=O)c1cccc(CNC(=NC)NCc2ccc(OC)cc2OC)c1. The van der Waals surface area contributed by atoms with E-state index in [1.54, 1.807) is 21.3 Å². The zero-order valence-corrected chi connectivity index (χ0v) is 18.4. The molecule has 0 fully saturated rings. The van der Waals surface area contributed by atoms with Crippen LogP contribution in [0.25, 0.3) is 0 Å². The highest BCUT2D eigenvalue weighted by Crippen LogP contribution is 2.24. The highest BCUT2D eigenvalue weighted by atomic mass is 16.5. The van der Waals surface area contributed by atoms with Crippen LogP contribution < -0.4 is 25.4 Å². The number of ether oxygens (including phenoxy) is 2. The number of amides is 1. The minimum atomic E-state index is -0.0553. The van der Waals surface area contributed by atoms with Crippen molar-refractivity contribution in [3.63, 3.8) is 0 Å². The second-order valence-corrected chi connectivity index (χ2v) is 6.94. The summed E-state index contributed by atoms with van der Waals surface area (Å²) in [7, 11) is 4.98. The van der Waals surface area contributed by atoms with E-state index in [2.05, 4.69) is 20.9 Å². The van der Waals surface area contributed by atoms with Crippen LogP contribution in [0.2, 0.25) is 0 Å². The quantitative estimate of drug-likeness (QED) is 0.435. The molecule has 30 heavy (non-hydrogen) atoms. The normalized spacial score (nSPS) is 12.1. The molecule has 0 saturated heterocycles. The first-order valence-electron chi connectivity index (χ1n) is 10.1. The Balaban J connectivity index is 1.95. The van der Waals surface area contributed by atoms with Crippen LogP contribution in [0.3, 0.4) is 0 Å². The zero-order valence-electron chi connectivity index (χ0n) is 18.4. The summed E-state index contributed by atoms with van der Waals surface area (Å²) in [4.78, 5) is 16.6. The lowest BCUT2D eigenvalue weighted by molar-refractivity contribution is 0.0939. The van der Waals surface area contributed by atoms with Crippen LogP contribution in [0, 0.1) is 0 Å². The molecule has 0 heterocycles. The van der Waals surface area contributed by atoms with E-state index in [0.717, 1.165) is 29.0 Å². The summed E-state index contributed by atoms with van der Waals surface area (Å²) >= 11 is 0. The third kappa shape index (κ3) is 6.69. The first-order chi connectivity index (χ1) is 14.5. The summed E-state index contributed by atoms with van der Waals surface area (Å²) in [5.74, 6) is 2.09. The molecule has 7 nitrogen and oxygen atoms in total. The average molecular weight is 413 g/mol. The topological polar surface area (TPSA) is 84.0 Å². The maximum absolute atomic E-state index is 12.3. The number of rotatable bonds is 9. The van der Waals surface area contributed by atoms with Gasteiger partial charge in [-0.15, -0.1) is 0 Å². The van der Waals surface area contributed by atoms with Crippen LogP contribution in [-0.2, 0) is 13.1 Å². The predicted molar refractivity (Wildman–Crippen MR) is 120 cm³/mol. The van der Waals surface area contributed by atoms with Gasteiger partial charge in [-0.3, -0.25) is 9.79 Å². The Morgan fingerprint density at radius 2 is 1.83 bits per heavy atom. The molecule has 1 amide bonds. The van der Waals surface area contributed by atoms with Crippen molar-refractivity contribution in [3.8, 4) is 11.5 Å². The monoisotopic (exact) mass is 412 g/mol. The van der Waals surface area contributed by atoms with Gasteiger partial charge >= 0.3 is 0 Å². The van der Waals surface area contributed by atoms with Crippen LogP contribution in [0.1, 0.15) is 41.8 Å². The van der Waals surface area contributed by atoms with Gasteiger partial charge in [-0.05, 0) is 43.2 Å². The molecule has 0 aliphatic rings. The third-order valence-electron chi connectivity index (χ3n) is 4.80. The summed E-state index contributed by atoms with van der Waals surface area (Å²) in [5.41, 5.74) is 2.64. The van der Waals surface area contributed by atoms with E-state index in [-0.39, 0.29) is 11.9 Å². The lowest BCUT2D eigenvalue weighted by Crippen LogP contribution is -2.36. The Bertz CT molecular complexity index is 867. The Labute approximate surface area is 178 Å². The summed E-state index contributed by atoms with van der Waals surface area (Å²) in [6.07, 6.45) is 0.897. The van der Waals surface area contributed by atoms with E-state index in [1.807, 2.05) is 56.3 Å². The van der Waals surface area contributed by atoms with Crippen molar-refractivity contribution in [1.82, 2.24) is 16.0 Å². The standard InChI is InChI=1S/C23H32N4O3/c1-6-16(2)27-22(28)18-9-7-8-17(12-18)14-25-23(24-3)26-15-19-10-11-20(29-4)13-21(19)30-5/h7-13,16H,6,14-15H2,1-5H3,(H,27,28)(H2,24,25,26). The first-order valence-corrected chi connectivity index (χ1v) is 10.1. The molecule has 0 radical (unpaired) electrons. The number of carbonyl (C=O) groups is 1. The number of hydrogen-bond acceptors (Lipinski definition) is 4. The molecule has 3 N–H and O–H groups in total. The lowest BCUT2D eigenvalue weighted by Gasteiger charge is -2.15. The van der Waals surface area contributed by atoms with Crippen molar-refractivity contribution in [2.45, 2.75) is 39.4 Å². The number of nitrogens with one attached hydrogen (secondary N) is 3. The van der Waals surface area contributed by atoms with Gasteiger partial charge in [0.2, 0.25) is 0 Å². The van der Waals surface area contributed by atoms with Gasteiger partial charge in [-0.2, -0.15) is 0 Å².